The molecule has 0 fully saturated rings. The first-order valence-electron chi connectivity index (χ1n) is 7.94. The SMILES string of the molecule is NCc1c(F)cccc1CCCNC(=O)c1cc(Cl)c2c(c1)OCO2. The van der Waals surface area contributed by atoms with Crippen molar-refractivity contribution in [2.24, 2.45) is 5.73 Å². The third-order valence-corrected chi connectivity index (χ3v) is 4.30. The molecule has 3 N–H and O–H groups in total. The maximum absolute atomic E-state index is 13.7. The largest absolute Gasteiger partial charge is 0.454 e. The normalized spacial score (nSPS) is 12.3. The van der Waals surface area contributed by atoms with Crippen molar-refractivity contribution in [2.75, 3.05) is 13.3 Å². The first-order chi connectivity index (χ1) is 12.1. The topological polar surface area (TPSA) is 73.6 Å². The minimum Gasteiger partial charge on any atom is -0.454 e. The molecule has 1 amide bonds. The van der Waals surface area contributed by atoms with Gasteiger partial charge in [0.15, 0.2) is 11.5 Å². The number of nitrogens with one attached hydrogen (secondary N) is 1. The van der Waals surface area contributed by atoms with E-state index >= 15 is 0 Å². The van der Waals surface area contributed by atoms with Crippen LogP contribution in [-0.2, 0) is 13.0 Å². The van der Waals surface area contributed by atoms with Gasteiger partial charge in [0.2, 0.25) is 6.79 Å². The highest BCUT2D eigenvalue weighted by molar-refractivity contribution is 6.32. The second-order valence-electron chi connectivity index (χ2n) is 5.63. The Morgan fingerprint density at radius 3 is 2.96 bits per heavy atom. The van der Waals surface area contributed by atoms with Gasteiger partial charge in [0.05, 0.1) is 5.02 Å². The molecule has 0 aliphatic carbocycles. The molecule has 0 saturated carbocycles. The summed E-state index contributed by atoms with van der Waals surface area (Å²) in [6.45, 7) is 0.701. The zero-order valence-electron chi connectivity index (χ0n) is 13.5. The highest BCUT2D eigenvalue weighted by Crippen LogP contribution is 2.39. The predicted octanol–water partition coefficient (Wildman–Crippen LogP) is 3.03. The molecule has 132 valence electrons. The van der Waals surface area contributed by atoms with Gasteiger partial charge in [0, 0.05) is 24.2 Å². The van der Waals surface area contributed by atoms with Gasteiger partial charge in [-0.2, -0.15) is 0 Å². The number of amides is 1. The highest BCUT2D eigenvalue weighted by atomic mass is 35.5. The van der Waals surface area contributed by atoms with Crippen LogP contribution in [0.25, 0.3) is 0 Å². The summed E-state index contributed by atoms with van der Waals surface area (Å²) in [5.41, 5.74) is 7.39. The Bertz CT molecular complexity index is 798. The molecule has 0 spiro atoms. The average Bonchev–Trinajstić information content (AvgIpc) is 3.08. The van der Waals surface area contributed by atoms with Gasteiger partial charge in [0.25, 0.3) is 5.91 Å². The van der Waals surface area contributed by atoms with Gasteiger partial charge in [-0.15, -0.1) is 0 Å². The second-order valence-corrected chi connectivity index (χ2v) is 6.04. The summed E-state index contributed by atoms with van der Waals surface area (Å²) in [4.78, 5) is 12.2. The van der Waals surface area contributed by atoms with Crippen molar-refractivity contribution in [1.29, 1.82) is 0 Å². The lowest BCUT2D eigenvalue weighted by Crippen LogP contribution is -2.24. The lowest BCUT2D eigenvalue weighted by atomic mass is 10.0. The van der Waals surface area contributed by atoms with E-state index in [4.69, 9.17) is 26.8 Å². The Labute approximate surface area is 149 Å². The van der Waals surface area contributed by atoms with Crippen molar-refractivity contribution in [3.8, 4) is 11.5 Å². The molecule has 0 radical (unpaired) electrons. The monoisotopic (exact) mass is 364 g/mol. The van der Waals surface area contributed by atoms with E-state index in [0.717, 1.165) is 5.56 Å². The van der Waals surface area contributed by atoms with Crippen LogP contribution in [-0.4, -0.2) is 19.2 Å². The Morgan fingerprint density at radius 1 is 1.32 bits per heavy atom. The number of hydrogen-bond donors (Lipinski definition) is 2. The number of hydrogen-bond acceptors (Lipinski definition) is 4. The van der Waals surface area contributed by atoms with Gasteiger partial charge in [-0.05, 0) is 36.6 Å². The molecule has 0 saturated heterocycles. The fourth-order valence-electron chi connectivity index (χ4n) is 2.75. The van der Waals surface area contributed by atoms with Crippen LogP contribution in [0.3, 0.4) is 0 Å². The molecule has 0 bridgehead atoms. The van der Waals surface area contributed by atoms with E-state index in [1.807, 2.05) is 6.07 Å². The van der Waals surface area contributed by atoms with Crippen molar-refractivity contribution in [3.63, 3.8) is 0 Å². The summed E-state index contributed by atoms with van der Waals surface area (Å²) in [5, 5.41) is 3.16. The van der Waals surface area contributed by atoms with Gasteiger partial charge >= 0.3 is 0 Å². The van der Waals surface area contributed by atoms with Gasteiger partial charge < -0.3 is 20.5 Å². The number of aryl methyl sites for hydroxylation is 1. The van der Waals surface area contributed by atoms with E-state index < -0.39 is 0 Å². The van der Waals surface area contributed by atoms with E-state index in [0.29, 0.717) is 47.0 Å². The summed E-state index contributed by atoms with van der Waals surface area (Å²) in [5.74, 6) is 0.376. The third kappa shape index (κ3) is 3.86. The van der Waals surface area contributed by atoms with Crippen molar-refractivity contribution in [1.82, 2.24) is 5.32 Å². The van der Waals surface area contributed by atoms with Crippen LogP contribution in [0.1, 0.15) is 27.9 Å². The van der Waals surface area contributed by atoms with Crippen LogP contribution in [0.15, 0.2) is 30.3 Å². The van der Waals surface area contributed by atoms with Gasteiger partial charge in [-0.1, -0.05) is 23.7 Å². The van der Waals surface area contributed by atoms with Crippen molar-refractivity contribution in [3.05, 3.63) is 57.9 Å². The number of benzene rings is 2. The van der Waals surface area contributed by atoms with E-state index in [9.17, 15) is 9.18 Å². The Hall–Kier alpha value is -2.31. The molecular formula is C18H18ClFN2O3. The zero-order chi connectivity index (χ0) is 17.8. The highest BCUT2D eigenvalue weighted by Gasteiger charge is 2.20. The number of rotatable bonds is 6. The smallest absolute Gasteiger partial charge is 0.251 e. The lowest BCUT2D eigenvalue weighted by molar-refractivity contribution is 0.0952. The van der Waals surface area contributed by atoms with Crippen molar-refractivity contribution in [2.45, 2.75) is 19.4 Å². The van der Waals surface area contributed by atoms with E-state index in [2.05, 4.69) is 5.32 Å². The molecule has 25 heavy (non-hydrogen) atoms. The summed E-state index contributed by atoms with van der Waals surface area (Å²) >= 11 is 6.08. The van der Waals surface area contributed by atoms with Gasteiger partial charge in [-0.25, -0.2) is 4.39 Å². The molecule has 1 heterocycles. The minimum absolute atomic E-state index is 0.0945. The molecule has 0 aromatic heterocycles. The quantitative estimate of drug-likeness (QED) is 0.773. The molecule has 1 aliphatic heterocycles. The molecular weight excluding hydrogens is 347 g/mol. The number of carbonyl (C=O) groups is 1. The van der Waals surface area contributed by atoms with Crippen LogP contribution in [0.2, 0.25) is 5.02 Å². The van der Waals surface area contributed by atoms with Crippen LogP contribution >= 0.6 is 11.6 Å². The first kappa shape index (κ1) is 17.5. The summed E-state index contributed by atoms with van der Waals surface area (Å²) in [6, 6.07) is 8.06. The molecule has 3 rings (SSSR count). The van der Waals surface area contributed by atoms with E-state index in [-0.39, 0.29) is 25.1 Å². The number of halogens is 2. The van der Waals surface area contributed by atoms with Crippen LogP contribution < -0.4 is 20.5 Å². The lowest BCUT2D eigenvalue weighted by Gasteiger charge is -2.10. The van der Waals surface area contributed by atoms with Crippen LogP contribution in [0.5, 0.6) is 11.5 Å². The number of fused-ring (bicyclic) bond motifs is 1. The van der Waals surface area contributed by atoms with Crippen LogP contribution in [0, 0.1) is 5.82 Å². The summed E-state index contributed by atoms with van der Waals surface area (Å²) in [6.07, 6.45) is 1.30. The van der Waals surface area contributed by atoms with E-state index in [1.165, 1.54) is 6.07 Å². The first-order valence-corrected chi connectivity index (χ1v) is 8.31. The molecule has 2 aromatic carbocycles. The average molecular weight is 365 g/mol. The fraction of sp³-hybridized carbons (Fsp3) is 0.278. The summed E-state index contributed by atoms with van der Waals surface area (Å²) < 4.78 is 24.1. The zero-order valence-corrected chi connectivity index (χ0v) is 14.2. The third-order valence-electron chi connectivity index (χ3n) is 4.02. The molecule has 0 atom stereocenters. The van der Waals surface area contributed by atoms with Crippen molar-refractivity contribution < 1.29 is 18.7 Å². The molecule has 2 aromatic rings. The Morgan fingerprint density at radius 2 is 2.16 bits per heavy atom. The number of ether oxygens (including phenoxy) is 2. The Balaban J connectivity index is 1.55. The second kappa shape index (κ2) is 7.72. The molecule has 7 heteroatoms. The number of nitrogens with two attached hydrogens (primary N) is 1. The standard InChI is InChI=1S/C18H18ClFN2O3/c19-14-7-12(8-16-17(14)25-10-24-16)18(23)22-6-2-4-11-3-1-5-15(20)13(11)9-21/h1,3,5,7-8H,2,4,6,9-10,21H2,(H,22,23). The summed E-state index contributed by atoms with van der Waals surface area (Å²) in [7, 11) is 0. The number of carbonyl (C=O) groups excluding carboxylic acids is 1. The maximum Gasteiger partial charge on any atom is 0.251 e. The van der Waals surface area contributed by atoms with Gasteiger partial charge in [-0.3, -0.25) is 4.79 Å². The van der Waals surface area contributed by atoms with E-state index in [1.54, 1.807) is 18.2 Å². The van der Waals surface area contributed by atoms with Crippen LogP contribution in [0.4, 0.5) is 4.39 Å². The Kier molecular flexibility index (Phi) is 5.40. The molecule has 0 unspecified atom stereocenters. The minimum atomic E-state index is -0.293. The van der Waals surface area contributed by atoms with Crippen molar-refractivity contribution >= 4 is 17.5 Å². The maximum atomic E-state index is 13.7. The van der Waals surface area contributed by atoms with Gasteiger partial charge in [0.1, 0.15) is 5.82 Å². The fourth-order valence-corrected chi connectivity index (χ4v) is 3.01. The predicted molar refractivity (Wildman–Crippen MR) is 92.5 cm³/mol. The molecule has 1 aliphatic rings. The molecule has 5 nitrogen and oxygen atoms in total.